The third kappa shape index (κ3) is 6.41. The van der Waals surface area contributed by atoms with Gasteiger partial charge in [0.15, 0.2) is 0 Å². The van der Waals surface area contributed by atoms with Crippen LogP contribution in [0.5, 0.6) is 0 Å². The van der Waals surface area contributed by atoms with Crippen LogP contribution in [0.1, 0.15) is 47.2 Å². The summed E-state index contributed by atoms with van der Waals surface area (Å²) in [4.78, 5) is 13.0. The number of hydrogen-bond donors (Lipinski definition) is 2. The van der Waals surface area contributed by atoms with Crippen LogP contribution in [0.4, 0.5) is 10.1 Å². The van der Waals surface area contributed by atoms with E-state index in [-0.39, 0.29) is 90.8 Å². The molecule has 0 atom stereocenters. The van der Waals surface area contributed by atoms with Crippen LogP contribution in [-0.2, 0) is 29.7 Å². The van der Waals surface area contributed by atoms with Crippen molar-refractivity contribution in [3.05, 3.63) is 82.1 Å². The van der Waals surface area contributed by atoms with Crippen LogP contribution in [0.25, 0.3) is 22.3 Å². The van der Waals surface area contributed by atoms with Gasteiger partial charge >= 0.3 is 58.1 Å². The first-order valence-electron chi connectivity index (χ1n) is 14.4. The van der Waals surface area contributed by atoms with E-state index in [1.165, 1.54) is 37.4 Å². The van der Waals surface area contributed by atoms with Gasteiger partial charge in [0.25, 0.3) is 5.91 Å². The normalized spacial score (nSPS) is 22.7. The van der Waals surface area contributed by atoms with Crippen molar-refractivity contribution in [2.75, 3.05) is 31.6 Å². The number of benzene rings is 3. The van der Waals surface area contributed by atoms with E-state index < -0.39 is 22.6 Å². The van der Waals surface area contributed by atoms with Gasteiger partial charge in [0, 0.05) is 53.9 Å². The summed E-state index contributed by atoms with van der Waals surface area (Å²) in [7, 11) is -2.38. The minimum absolute atomic E-state index is 0. The summed E-state index contributed by atoms with van der Waals surface area (Å²) in [6, 6.07) is 14.0. The van der Waals surface area contributed by atoms with Gasteiger partial charge in [-0.2, -0.15) is 0 Å². The Bertz CT molecular complexity index is 1890. The van der Waals surface area contributed by atoms with Gasteiger partial charge in [-0.25, -0.2) is 12.8 Å². The van der Waals surface area contributed by atoms with Crippen LogP contribution in [0.15, 0.2) is 59.0 Å². The van der Waals surface area contributed by atoms with E-state index in [0.29, 0.717) is 52.9 Å². The molecule has 4 aromatic rings. The number of halogens is 2. The average molecular weight is 680 g/mol. The number of carbonyl (C=O) groups excluding carboxylic acids is 1. The van der Waals surface area contributed by atoms with Crippen molar-refractivity contribution in [2.45, 2.75) is 31.4 Å². The molecule has 1 saturated carbocycles. The second-order valence-electron chi connectivity index (χ2n) is 12.2. The van der Waals surface area contributed by atoms with Crippen LogP contribution in [0.3, 0.4) is 0 Å². The van der Waals surface area contributed by atoms with Crippen LogP contribution >= 0.6 is 11.6 Å². The zero-order valence-electron chi connectivity index (χ0n) is 24.1. The van der Waals surface area contributed by atoms with Gasteiger partial charge in [0.05, 0.1) is 11.3 Å². The van der Waals surface area contributed by atoms with Crippen molar-refractivity contribution in [3.63, 3.8) is 0 Å². The first-order chi connectivity index (χ1) is 21.0. The van der Waals surface area contributed by atoms with Crippen molar-refractivity contribution in [1.29, 1.82) is 0 Å². The van der Waals surface area contributed by atoms with Gasteiger partial charge < -0.3 is 23.7 Å². The van der Waals surface area contributed by atoms with E-state index in [1.54, 1.807) is 18.2 Å². The number of rotatable bonds is 8. The number of amides is 1. The molecule has 1 aliphatic carbocycles. The molecule has 0 unspecified atom stereocenters. The molecular weight excluding hydrogens is 649 g/mol. The van der Waals surface area contributed by atoms with Crippen molar-refractivity contribution in [3.8, 4) is 11.3 Å². The Labute approximate surface area is 308 Å². The molecule has 14 heteroatoms. The standard InChI is InChI=1S/C31H30BClFN2O7S.K.H/c1-31-15-40-32(41-16-31,42-17-31)25-10-9-22(12-26(25)33)36-44(38,39)14-20-11-27-24(13-23(20)18-3-4-18)28(30(37)35-2)29(43-27)19-5-7-21(34)8-6-19;;/h5-13,18,36H,3-4,14-17H2,1-2H3,(H,35,37);;/q-1;;. The summed E-state index contributed by atoms with van der Waals surface area (Å²) in [6.07, 6.45) is 1.83. The fourth-order valence-corrected chi connectivity index (χ4v) is 7.56. The van der Waals surface area contributed by atoms with Gasteiger partial charge in [-0.15, -0.1) is 5.46 Å². The van der Waals surface area contributed by atoms with Crippen LogP contribution < -0.4 is 15.5 Å². The van der Waals surface area contributed by atoms with E-state index in [4.69, 9.17) is 30.0 Å². The number of hydrogen-bond acceptors (Lipinski definition) is 7. The zero-order chi connectivity index (χ0) is 30.9. The quantitative estimate of drug-likeness (QED) is 0.261. The number of sulfonamides is 1. The molecule has 3 aromatic carbocycles. The number of carbonyl (C=O) groups is 1. The molecule has 4 fully saturated rings. The Kier molecular flexibility index (Phi) is 9.09. The Hall–Kier alpha value is -1.78. The molecular formula is C31H31BClFKN2O7S-. The Morgan fingerprint density at radius 3 is 2.31 bits per heavy atom. The molecule has 2 bridgehead atoms. The topological polar surface area (TPSA) is 116 Å². The number of furan rings is 1. The molecule has 3 saturated heterocycles. The number of anilines is 1. The van der Waals surface area contributed by atoms with E-state index in [0.717, 1.165) is 18.4 Å². The Balaban J connectivity index is 0.00000357. The number of fused-ring (bicyclic) bond motifs is 4. The van der Waals surface area contributed by atoms with Crippen molar-refractivity contribution < 1.29 is 36.0 Å². The Morgan fingerprint density at radius 2 is 1.71 bits per heavy atom. The van der Waals surface area contributed by atoms with Gasteiger partial charge in [-0.05, 0) is 78.4 Å². The predicted octanol–water partition coefficient (Wildman–Crippen LogP) is 4.65. The SMILES string of the molecule is CNC(=O)c1c(-c2ccc(F)cc2)oc2cc(CS(=O)(=O)Nc3ccc([B-]45OCC(C)(CO4)CO5)c(Cl)c3)c(C3CC3)cc12.[KH]. The third-order valence-electron chi connectivity index (χ3n) is 8.48. The Morgan fingerprint density at radius 1 is 1.04 bits per heavy atom. The molecule has 9 nitrogen and oxygen atoms in total. The number of nitrogens with one attached hydrogen (secondary N) is 2. The van der Waals surface area contributed by atoms with Gasteiger partial charge in [0.1, 0.15) is 17.2 Å². The molecule has 4 heterocycles. The first kappa shape index (κ1) is 33.1. The van der Waals surface area contributed by atoms with Crippen molar-refractivity contribution >= 4 is 108 Å². The van der Waals surface area contributed by atoms with E-state index in [2.05, 4.69) is 10.0 Å². The second kappa shape index (κ2) is 12.3. The average Bonchev–Trinajstić information content (AvgIpc) is 3.77. The fraction of sp³-hybridized carbons (Fsp3) is 0.323. The predicted molar refractivity (Wildman–Crippen MR) is 173 cm³/mol. The maximum atomic E-state index is 13.6. The summed E-state index contributed by atoms with van der Waals surface area (Å²) in [5.74, 6) is -0.631. The monoisotopic (exact) mass is 679 g/mol. The van der Waals surface area contributed by atoms with Gasteiger partial charge in [-0.1, -0.05) is 24.6 Å². The summed E-state index contributed by atoms with van der Waals surface area (Å²) in [5.41, 5.74) is 3.25. The van der Waals surface area contributed by atoms with Crippen molar-refractivity contribution in [2.24, 2.45) is 5.41 Å². The molecule has 1 aromatic heterocycles. The molecule has 232 valence electrons. The molecule has 45 heavy (non-hydrogen) atoms. The van der Waals surface area contributed by atoms with Crippen LogP contribution in [0.2, 0.25) is 5.02 Å². The molecule has 3 aliphatic heterocycles. The van der Waals surface area contributed by atoms with Crippen molar-refractivity contribution in [1.82, 2.24) is 5.32 Å². The van der Waals surface area contributed by atoms with Crippen LogP contribution in [-0.4, -0.2) is 99.3 Å². The van der Waals surface area contributed by atoms with E-state index >= 15 is 0 Å². The fourth-order valence-electron chi connectivity index (χ4n) is 6.03. The summed E-state index contributed by atoms with van der Waals surface area (Å²) >= 11 is 6.60. The molecule has 8 rings (SSSR count). The minimum atomic E-state index is -3.90. The summed E-state index contributed by atoms with van der Waals surface area (Å²) in [6.45, 7) is 1.28. The second-order valence-corrected chi connectivity index (χ2v) is 14.3. The van der Waals surface area contributed by atoms with E-state index in [9.17, 15) is 17.6 Å². The van der Waals surface area contributed by atoms with Gasteiger partial charge in [-0.3, -0.25) is 9.52 Å². The van der Waals surface area contributed by atoms with E-state index in [1.807, 2.05) is 13.0 Å². The van der Waals surface area contributed by atoms with Crippen LogP contribution in [0, 0.1) is 11.2 Å². The molecule has 0 radical (unpaired) electrons. The first-order valence-corrected chi connectivity index (χ1v) is 16.4. The molecule has 4 aliphatic rings. The summed E-state index contributed by atoms with van der Waals surface area (Å²) in [5, 5.41) is 3.49. The molecule has 2 N–H and O–H groups in total. The molecule has 1 amide bonds. The maximum absolute atomic E-state index is 13.6. The molecule has 0 spiro atoms. The van der Waals surface area contributed by atoms with Gasteiger partial charge in [0.2, 0.25) is 10.0 Å². The third-order valence-corrected chi connectivity index (χ3v) is 10.0. The summed E-state index contributed by atoms with van der Waals surface area (Å²) < 4.78 is 67.2. The zero-order valence-corrected chi connectivity index (χ0v) is 25.7.